The van der Waals surface area contributed by atoms with Gasteiger partial charge in [0.1, 0.15) is 5.75 Å². The van der Waals surface area contributed by atoms with Crippen molar-refractivity contribution in [1.29, 1.82) is 0 Å². The second kappa shape index (κ2) is 7.55. The third-order valence-electron chi connectivity index (χ3n) is 4.20. The van der Waals surface area contributed by atoms with E-state index in [9.17, 15) is 14.4 Å². The highest BCUT2D eigenvalue weighted by atomic mass is 16.7. The largest absolute Gasteiger partial charge is 0.485 e. The summed E-state index contributed by atoms with van der Waals surface area (Å²) in [6.45, 7) is 2.01. The molecule has 29 heavy (non-hydrogen) atoms. The lowest BCUT2D eigenvalue weighted by atomic mass is 10.1. The van der Waals surface area contributed by atoms with E-state index in [-0.39, 0.29) is 23.3 Å². The molecular formula is C20H15N3O6. The quantitative estimate of drug-likeness (QED) is 0.588. The van der Waals surface area contributed by atoms with Gasteiger partial charge in [0.15, 0.2) is 6.61 Å². The molecule has 0 unspecified atom stereocenters. The van der Waals surface area contributed by atoms with Gasteiger partial charge < -0.3 is 14.1 Å². The van der Waals surface area contributed by atoms with Crippen LogP contribution in [0.1, 0.15) is 49.7 Å². The fourth-order valence-corrected chi connectivity index (χ4v) is 2.71. The molecule has 0 saturated carbocycles. The van der Waals surface area contributed by atoms with E-state index in [0.717, 1.165) is 0 Å². The second-order valence-corrected chi connectivity index (χ2v) is 6.10. The number of fused-ring (bicyclic) bond motifs is 1. The smallest absolute Gasteiger partial charge is 0.363 e. The summed E-state index contributed by atoms with van der Waals surface area (Å²) in [5.74, 6) is -0.774. The number of aryl methyl sites for hydroxylation is 1. The first-order chi connectivity index (χ1) is 14.1. The molecule has 0 saturated heterocycles. The number of rotatable bonds is 6. The molecule has 2 heterocycles. The number of hydrogen-bond acceptors (Lipinski definition) is 8. The number of benzene rings is 2. The van der Waals surface area contributed by atoms with Gasteiger partial charge in [-0.15, -0.1) is 0 Å². The Bertz CT molecular complexity index is 1050. The van der Waals surface area contributed by atoms with E-state index in [4.69, 9.17) is 14.1 Å². The Labute approximate surface area is 164 Å². The van der Waals surface area contributed by atoms with Crippen molar-refractivity contribution >= 4 is 17.8 Å². The third-order valence-corrected chi connectivity index (χ3v) is 4.20. The van der Waals surface area contributed by atoms with E-state index >= 15 is 0 Å². The topological polar surface area (TPSA) is 112 Å². The first-order valence-corrected chi connectivity index (χ1v) is 8.81. The average Bonchev–Trinajstić information content (AvgIpc) is 3.31. The number of carbonyl (C=O) groups excluding carboxylic acids is 3. The molecule has 4 rings (SSSR count). The molecular weight excluding hydrogens is 378 g/mol. The van der Waals surface area contributed by atoms with E-state index in [1.54, 1.807) is 24.3 Å². The summed E-state index contributed by atoms with van der Waals surface area (Å²) in [6.07, 6.45) is 0.636. The molecule has 9 nitrogen and oxygen atoms in total. The number of carbonyl (C=O) groups is 3. The van der Waals surface area contributed by atoms with E-state index < -0.39 is 17.8 Å². The lowest BCUT2D eigenvalue weighted by molar-refractivity contribution is -0.0584. The number of imide groups is 1. The van der Waals surface area contributed by atoms with Gasteiger partial charge in [-0.3, -0.25) is 9.59 Å². The fraction of sp³-hybridized carbons (Fsp3) is 0.150. The summed E-state index contributed by atoms with van der Waals surface area (Å²) in [6, 6.07) is 12.3. The van der Waals surface area contributed by atoms with Crippen LogP contribution in [0.3, 0.4) is 0 Å². The highest BCUT2D eigenvalue weighted by molar-refractivity contribution is 6.21. The fourth-order valence-electron chi connectivity index (χ4n) is 2.71. The second-order valence-electron chi connectivity index (χ2n) is 6.10. The number of hydroxylamine groups is 2. The van der Waals surface area contributed by atoms with Gasteiger partial charge >= 0.3 is 5.97 Å². The van der Waals surface area contributed by atoms with Crippen LogP contribution in [-0.2, 0) is 17.9 Å². The van der Waals surface area contributed by atoms with Crippen molar-refractivity contribution < 1.29 is 28.5 Å². The minimum atomic E-state index is -0.836. The maximum absolute atomic E-state index is 12.3. The molecule has 1 aromatic heterocycles. The zero-order valence-corrected chi connectivity index (χ0v) is 15.3. The molecule has 3 aromatic rings. The van der Waals surface area contributed by atoms with Gasteiger partial charge in [0.05, 0.1) is 16.7 Å². The zero-order chi connectivity index (χ0) is 20.4. The summed E-state index contributed by atoms with van der Waals surface area (Å²) < 4.78 is 10.5. The van der Waals surface area contributed by atoms with Gasteiger partial charge in [-0.1, -0.05) is 29.3 Å². The van der Waals surface area contributed by atoms with Crippen LogP contribution in [0.2, 0.25) is 0 Å². The van der Waals surface area contributed by atoms with Crippen molar-refractivity contribution in [1.82, 2.24) is 15.2 Å². The Morgan fingerprint density at radius 3 is 2.28 bits per heavy atom. The van der Waals surface area contributed by atoms with Crippen molar-refractivity contribution in [3.05, 3.63) is 76.9 Å². The minimum Gasteiger partial charge on any atom is -0.485 e. The predicted octanol–water partition coefficient (Wildman–Crippen LogP) is 2.58. The first kappa shape index (κ1) is 18.4. The Kier molecular flexibility index (Phi) is 4.78. The van der Waals surface area contributed by atoms with Crippen LogP contribution in [0, 0.1) is 0 Å². The molecule has 2 amide bonds. The van der Waals surface area contributed by atoms with Crippen molar-refractivity contribution in [3.63, 3.8) is 0 Å². The van der Waals surface area contributed by atoms with Crippen molar-refractivity contribution in [2.75, 3.05) is 0 Å². The van der Waals surface area contributed by atoms with Gasteiger partial charge in [0, 0.05) is 6.42 Å². The van der Waals surface area contributed by atoms with Gasteiger partial charge in [-0.2, -0.15) is 4.98 Å². The lowest BCUT2D eigenvalue weighted by Crippen LogP contribution is -2.32. The summed E-state index contributed by atoms with van der Waals surface area (Å²) in [4.78, 5) is 46.0. The van der Waals surface area contributed by atoms with Crippen LogP contribution >= 0.6 is 0 Å². The van der Waals surface area contributed by atoms with E-state index in [2.05, 4.69) is 10.1 Å². The predicted molar refractivity (Wildman–Crippen MR) is 96.8 cm³/mol. The normalized spacial score (nSPS) is 12.8. The summed E-state index contributed by atoms with van der Waals surface area (Å²) in [5, 5.41) is 4.25. The van der Waals surface area contributed by atoms with Crippen LogP contribution in [0.25, 0.3) is 0 Å². The molecule has 2 aromatic carbocycles. The number of amides is 2. The van der Waals surface area contributed by atoms with Crippen molar-refractivity contribution in [2.45, 2.75) is 20.0 Å². The molecule has 1 aliphatic rings. The summed E-state index contributed by atoms with van der Waals surface area (Å²) in [7, 11) is 0. The number of ether oxygens (including phenoxy) is 1. The summed E-state index contributed by atoms with van der Waals surface area (Å²) in [5.41, 5.74) is 0.547. The molecule has 0 spiro atoms. The van der Waals surface area contributed by atoms with Crippen LogP contribution in [0.4, 0.5) is 0 Å². The van der Waals surface area contributed by atoms with E-state index in [1.165, 1.54) is 24.3 Å². The van der Waals surface area contributed by atoms with Gasteiger partial charge in [0.2, 0.25) is 11.7 Å². The van der Waals surface area contributed by atoms with E-state index in [1.807, 2.05) is 6.92 Å². The molecule has 0 bridgehead atoms. The third kappa shape index (κ3) is 3.57. The molecule has 0 aliphatic carbocycles. The Morgan fingerprint density at radius 2 is 1.69 bits per heavy atom. The average molecular weight is 393 g/mol. The van der Waals surface area contributed by atoms with Crippen molar-refractivity contribution in [2.24, 2.45) is 0 Å². The number of nitrogens with zero attached hydrogens (tertiary/aromatic N) is 3. The molecule has 0 radical (unpaired) electrons. The van der Waals surface area contributed by atoms with Crippen molar-refractivity contribution in [3.8, 4) is 5.75 Å². The minimum absolute atomic E-state index is 0.113. The molecule has 146 valence electrons. The monoisotopic (exact) mass is 393 g/mol. The SMILES string of the molecule is CCc1nc(COc2ccc(C(=O)ON3C(=O)c4ccccc4C3=O)cc2)no1. The Balaban J connectivity index is 1.38. The van der Waals surface area contributed by atoms with Crippen LogP contribution in [0.15, 0.2) is 53.1 Å². The van der Waals surface area contributed by atoms with Crippen LogP contribution in [-0.4, -0.2) is 33.0 Å². The highest BCUT2D eigenvalue weighted by Gasteiger charge is 2.38. The molecule has 0 fully saturated rings. The Hall–Kier alpha value is -4.01. The zero-order valence-electron chi connectivity index (χ0n) is 15.3. The van der Waals surface area contributed by atoms with Gasteiger partial charge in [-0.25, -0.2) is 4.79 Å². The number of hydrogen-bond donors (Lipinski definition) is 0. The molecule has 9 heteroatoms. The highest BCUT2D eigenvalue weighted by Crippen LogP contribution is 2.23. The molecule has 0 N–H and O–H groups in total. The first-order valence-electron chi connectivity index (χ1n) is 8.81. The van der Waals surface area contributed by atoms with Crippen LogP contribution < -0.4 is 4.74 Å². The molecule has 0 atom stereocenters. The lowest BCUT2D eigenvalue weighted by Gasteiger charge is -2.12. The standard InChI is InChI=1S/C20H15N3O6/c1-2-17-21-16(22-28-17)11-27-13-9-7-12(8-10-13)20(26)29-23-18(24)14-5-3-4-6-15(14)19(23)25/h3-10H,2,11H2,1H3. The maximum atomic E-state index is 12.3. The van der Waals surface area contributed by atoms with Gasteiger partial charge in [0.25, 0.3) is 11.8 Å². The van der Waals surface area contributed by atoms with Gasteiger partial charge in [-0.05, 0) is 36.4 Å². The number of aromatic nitrogens is 2. The van der Waals surface area contributed by atoms with Crippen LogP contribution in [0.5, 0.6) is 5.75 Å². The Morgan fingerprint density at radius 1 is 1.03 bits per heavy atom. The summed E-state index contributed by atoms with van der Waals surface area (Å²) >= 11 is 0. The van der Waals surface area contributed by atoms with E-state index in [0.29, 0.717) is 28.9 Å². The molecule has 1 aliphatic heterocycles. The maximum Gasteiger partial charge on any atom is 0.363 e.